The van der Waals surface area contributed by atoms with Gasteiger partial charge < -0.3 is 15.6 Å². The van der Waals surface area contributed by atoms with Gasteiger partial charge in [0.1, 0.15) is 5.82 Å². The van der Waals surface area contributed by atoms with E-state index < -0.39 is 0 Å². The Bertz CT molecular complexity index is 405. The molecule has 17 heavy (non-hydrogen) atoms. The number of amides is 1. The minimum absolute atomic E-state index is 0.0639. The van der Waals surface area contributed by atoms with Gasteiger partial charge in [-0.15, -0.1) is 10.2 Å². The predicted octanol–water partition coefficient (Wildman–Crippen LogP) is 0.0346. The third-order valence-electron chi connectivity index (χ3n) is 2.84. The van der Waals surface area contributed by atoms with Crippen LogP contribution in [0.2, 0.25) is 0 Å². The summed E-state index contributed by atoms with van der Waals surface area (Å²) in [5.74, 6) is 0.839. The van der Waals surface area contributed by atoms with Crippen molar-refractivity contribution >= 4 is 17.7 Å². The number of carbonyl (C=O) groups is 1. The Morgan fingerprint density at radius 2 is 2.35 bits per heavy atom. The van der Waals surface area contributed by atoms with Crippen molar-refractivity contribution in [3.63, 3.8) is 0 Å². The normalized spacial score (nSPS) is 21.1. The highest BCUT2D eigenvalue weighted by Gasteiger charge is 2.24. The van der Waals surface area contributed by atoms with Gasteiger partial charge in [-0.2, -0.15) is 0 Å². The second-order valence-corrected chi connectivity index (χ2v) is 5.23. The summed E-state index contributed by atoms with van der Waals surface area (Å²) in [6, 6.07) is 0. The van der Waals surface area contributed by atoms with E-state index in [9.17, 15) is 4.79 Å². The van der Waals surface area contributed by atoms with E-state index in [1.807, 2.05) is 11.6 Å². The van der Waals surface area contributed by atoms with Crippen molar-refractivity contribution in [1.82, 2.24) is 20.1 Å². The lowest BCUT2D eigenvalue weighted by molar-refractivity contribution is -0.120. The molecule has 1 aromatic rings. The van der Waals surface area contributed by atoms with Crippen molar-refractivity contribution < 1.29 is 4.79 Å². The average Bonchev–Trinajstić information content (AvgIpc) is 2.54. The van der Waals surface area contributed by atoms with Crippen LogP contribution in [0.1, 0.15) is 25.1 Å². The molecule has 1 aromatic heterocycles. The van der Waals surface area contributed by atoms with Gasteiger partial charge in [-0.05, 0) is 12.8 Å². The fourth-order valence-corrected chi connectivity index (χ4v) is 2.86. The van der Waals surface area contributed by atoms with Crippen molar-refractivity contribution in [3.05, 3.63) is 5.82 Å². The van der Waals surface area contributed by atoms with Gasteiger partial charge in [0.25, 0.3) is 0 Å². The average molecular weight is 255 g/mol. The van der Waals surface area contributed by atoms with Crippen molar-refractivity contribution in [1.29, 1.82) is 0 Å². The lowest BCUT2D eigenvalue weighted by Crippen LogP contribution is -2.30. The fourth-order valence-electron chi connectivity index (χ4n) is 1.78. The molecule has 1 aliphatic heterocycles. The van der Waals surface area contributed by atoms with Crippen LogP contribution < -0.4 is 11.1 Å². The molecule has 1 amide bonds. The molecule has 0 bridgehead atoms. The van der Waals surface area contributed by atoms with Gasteiger partial charge in [-0.25, -0.2) is 0 Å². The molecule has 6 nitrogen and oxygen atoms in total. The van der Waals surface area contributed by atoms with E-state index in [4.69, 9.17) is 5.73 Å². The number of nitrogens with one attached hydrogen (secondary N) is 1. The van der Waals surface area contributed by atoms with E-state index in [-0.39, 0.29) is 11.2 Å². The molecule has 0 aliphatic carbocycles. The van der Waals surface area contributed by atoms with Crippen LogP contribution in [0.3, 0.4) is 0 Å². The Morgan fingerprint density at radius 1 is 1.53 bits per heavy atom. The van der Waals surface area contributed by atoms with Gasteiger partial charge in [-0.1, -0.05) is 18.2 Å². The molecular formula is C10H17N5OS. The maximum Gasteiger partial charge on any atom is 0.233 e. The third kappa shape index (κ3) is 2.78. The molecule has 1 aliphatic rings. The van der Waals surface area contributed by atoms with E-state index in [1.165, 1.54) is 11.8 Å². The van der Waals surface area contributed by atoms with Crippen LogP contribution in [0.4, 0.5) is 0 Å². The summed E-state index contributed by atoms with van der Waals surface area (Å²) < 4.78 is 1.85. The highest BCUT2D eigenvalue weighted by molar-refractivity contribution is 8.00. The number of thioether (sulfide) groups is 1. The molecule has 1 atom stereocenters. The van der Waals surface area contributed by atoms with Crippen molar-refractivity contribution in [3.8, 4) is 0 Å². The molecule has 1 saturated heterocycles. The Hall–Kier alpha value is -1.08. The van der Waals surface area contributed by atoms with E-state index in [0.29, 0.717) is 6.54 Å². The zero-order chi connectivity index (χ0) is 12.3. The fraction of sp³-hybridized carbons (Fsp3) is 0.700. The predicted molar refractivity (Wildman–Crippen MR) is 65.4 cm³/mol. The maximum absolute atomic E-state index is 11.8. The van der Waals surface area contributed by atoms with Crippen LogP contribution in [-0.4, -0.2) is 32.5 Å². The van der Waals surface area contributed by atoms with Gasteiger partial charge in [0.15, 0.2) is 5.16 Å². The first kappa shape index (κ1) is 12.4. The Morgan fingerprint density at radius 3 is 3.06 bits per heavy atom. The quantitative estimate of drug-likeness (QED) is 0.796. The van der Waals surface area contributed by atoms with Gasteiger partial charge in [0.05, 0.1) is 11.8 Å². The Balaban J connectivity index is 2.08. The molecule has 0 aromatic carbocycles. The second kappa shape index (κ2) is 5.50. The third-order valence-corrected chi connectivity index (χ3v) is 4.14. The van der Waals surface area contributed by atoms with Crippen molar-refractivity contribution in [2.24, 2.45) is 12.8 Å². The van der Waals surface area contributed by atoms with Crippen molar-refractivity contribution in [2.45, 2.75) is 36.2 Å². The molecule has 0 saturated carbocycles. The number of carbonyl (C=O) groups excluding carboxylic acids is 1. The lowest BCUT2D eigenvalue weighted by Gasteiger charge is -2.11. The molecule has 1 fully saturated rings. The molecular weight excluding hydrogens is 238 g/mol. The van der Waals surface area contributed by atoms with E-state index >= 15 is 0 Å². The highest BCUT2D eigenvalue weighted by atomic mass is 32.2. The summed E-state index contributed by atoms with van der Waals surface area (Å²) in [6.07, 6.45) is 3.01. The summed E-state index contributed by atoms with van der Waals surface area (Å²) >= 11 is 1.47. The Kier molecular flexibility index (Phi) is 4.01. The molecule has 0 spiro atoms. The summed E-state index contributed by atoms with van der Waals surface area (Å²) in [6.45, 7) is 1.14. The molecule has 94 valence electrons. The first-order chi connectivity index (χ1) is 8.22. The lowest BCUT2D eigenvalue weighted by atomic mass is 10.2. The van der Waals surface area contributed by atoms with Crippen LogP contribution in [0.15, 0.2) is 5.16 Å². The molecule has 0 radical (unpaired) electrons. The monoisotopic (exact) mass is 255 g/mol. The Labute approximate surface area is 104 Å². The molecule has 2 heterocycles. The molecule has 7 heteroatoms. The minimum Gasteiger partial charge on any atom is -0.355 e. The zero-order valence-electron chi connectivity index (χ0n) is 9.85. The SMILES string of the molecule is Cn1c(CN)nnc1SC1CCCCNC1=O. The summed E-state index contributed by atoms with van der Waals surface area (Å²) in [7, 11) is 1.87. The molecule has 3 N–H and O–H groups in total. The van der Waals surface area contributed by atoms with E-state index in [2.05, 4.69) is 15.5 Å². The van der Waals surface area contributed by atoms with Crippen LogP contribution in [0, 0.1) is 0 Å². The maximum atomic E-state index is 11.8. The summed E-state index contributed by atoms with van der Waals surface area (Å²) in [5, 5.41) is 11.7. The molecule has 2 rings (SSSR count). The first-order valence-corrected chi connectivity index (χ1v) is 6.63. The molecule has 1 unspecified atom stereocenters. The number of hydrogen-bond acceptors (Lipinski definition) is 5. The number of hydrogen-bond donors (Lipinski definition) is 2. The van der Waals surface area contributed by atoms with Gasteiger partial charge in [-0.3, -0.25) is 4.79 Å². The topological polar surface area (TPSA) is 85.8 Å². The van der Waals surface area contributed by atoms with Crippen LogP contribution in [0.25, 0.3) is 0 Å². The minimum atomic E-state index is -0.0639. The number of nitrogens with zero attached hydrogens (tertiary/aromatic N) is 3. The highest BCUT2D eigenvalue weighted by Crippen LogP contribution is 2.26. The van der Waals surface area contributed by atoms with Crippen LogP contribution in [-0.2, 0) is 18.4 Å². The van der Waals surface area contributed by atoms with Gasteiger partial charge >= 0.3 is 0 Å². The number of aromatic nitrogens is 3. The van der Waals surface area contributed by atoms with Crippen LogP contribution >= 0.6 is 11.8 Å². The van der Waals surface area contributed by atoms with Crippen molar-refractivity contribution in [2.75, 3.05) is 6.54 Å². The van der Waals surface area contributed by atoms with E-state index in [0.717, 1.165) is 36.8 Å². The van der Waals surface area contributed by atoms with Crippen LogP contribution in [0.5, 0.6) is 0 Å². The summed E-state index contributed by atoms with van der Waals surface area (Å²) in [5.41, 5.74) is 5.54. The standard InChI is InChI=1S/C10H17N5OS/c1-15-8(6-11)13-14-10(15)17-7-4-2-3-5-12-9(7)16/h7H,2-6,11H2,1H3,(H,12,16). The zero-order valence-corrected chi connectivity index (χ0v) is 10.7. The van der Waals surface area contributed by atoms with E-state index in [1.54, 1.807) is 0 Å². The number of nitrogens with two attached hydrogens (primary N) is 1. The largest absolute Gasteiger partial charge is 0.355 e. The van der Waals surface area contributed by atoms with Gasteiger partial charge in [0.2, 0.25) is 5.91 Å². The number of rotatable bonds is 3. The smallest absolute Gasteiger partial charge is 0.233 e. The summed E-state index contributed by atoms with van der Waals surface area (Å²) in [4.78, 5) is 11.8. The van der Waals surface area contributed by atoms with Gasteiger partial charge in [0, 0.05) is 13.6 Å². The second-order valence-electron chi connectivity index (χ2n) is 4.06. The first-order valence-electron chi connectivity index (χ1n) is 5.75.